The van der Waals surface area contributed by atoms with Crippen LogP contribution in [0.15, 0.2) is 42.6 Å². The number of rotatable bonds is 5. The van der Waals surface area contributed by atoms with Crippen LogP contribution in [0, 0.1) is 0 Å². The van der Waals surface area contributed by atoms with Gasteiger partial charge in [-0.3, -0.25) is 0 Å². The zero-order valence-corrected chi connectivity index (χ0v) is 10.4. The maximum Gasteiger partial charge on any atom is 0.126 e. The van der Waals surface area contributed by atoms with Crippen molar-refractivity contribution < 1.29 is 4.74 Å². The number of benzene rings is 1. The van der Waals surface area contributed by atoms with E-state index in [1.165, 1.54) is 5.56 Å². The molecule has 3 N–H and O–H groups in total. The lowest BCUT2D eigenvalue weighted by atomic mass is 10.2. The summed E-state index contributed by atoms with van der Waals surface area (Å²) >= 11 is 0. The Kier molecular flexibility index (Phi) is 4.15. The summed E-state index contributed by atoms with van der Waals surface area (Å²) in [6, 6.07) is 11.8. The summed E-state index contributed by atoms with van der Waals surface area (Å²) in [4.78, 5) is 4.24. The van der Waals surface area contributed by atoms with Crippen molar-refractivity contribution in [1.82, 2.24) is 4.98 Å². The van der Waals surface area contributed by atoms with Gasteiger partial charge in [0.05, 0.1) is 7.11 Å². The summed E-state index contributed by atoms with van der Waals surface area (Å²) in [5, 5.41) is 3.27. The molecule has 0 fully saturated rings. The van der Waals surface area contributed by atoms with Gasteiger partial charge in [0.2, 0.25) is 0 Å². The summed E-state index contributed by atoms with van der Waals surface area (Å²) < 4.78 is 5.12. The number of hydrogen-bond donors (Lipinski definition) is 2. The summed E-state index contributed by atoms with van der Waals surface area (Å²) in [5.41, 5.74) is 7.84. The maximum absolute atomic E-state index is 5.59. The Morgan fingerprint density at radius 3 is 2.61 bits per heavy atom. The van der Waals surface area contributed by atoms with Crippen molar-refractivity contribution in [1.29, 1.82) is 0 Å². The van der Waals surface area contributed by atoms with E-state index in [4.69, 9.17) is 10.5 Å². The Bertz CT molecular complexity index is 497. The van der Waals surface area contributed by atoms with Gasteiger partial charge in [0.25, 0.3) is 0 Å². The number of anilines is 1. The molecule has 2 aromatic rings. The first-order valence-electron chi connectivity index (χ1n) is 5.83. The molecular weight excluding hydrogens is 226 g/mol. The van der Waals surface area contributed by atoms with E-state index in [2.05, 4.69) is 10.3 Å². The SMILES string of the molecule is COc1ccc(CNc2cc(CN)ccn2)cc1. The number of aromatic nitrogens is 1. The van der Waals surface area contributed by atoms with E-state index in [0.29, 0.717) is 6.54 Å². The molecule has 0 aliphatic carbocycles. The van der Waals surface area contributed by atoms with Gasteiger partial charge in [0, 0.05) is 19.3 Å². The molecule has 0 atom stereocenters. The fourth-order valence-electron chi connectivity index (χ4n) is 1.63. The summed E-state index contributed by atoms with van der Waals surface area (Å²) in [7, 11) is 1.66. The standard InChI is InChI=1S/C14H17N3O/c1-18-13-4-2-11(3-5-13)10-17-14-8-12(9-15)6-7-16-14/h2-8H,9-10,15H2,1H3,(H,16,17). The van der Waals surface area contributed by atoms with Crippen LogP contribution in [0.1, 0.15) is 11.1 Å². The number of methoxy groups -OCH3 is 1. The quantitative estimate of drug-likeness (QED) is 0.844. The highest BCUT2D eigenvalue weighted by atomic mass is 16.5. The summed E-state index contributed by atoms with van der Waals surface area (Å²) in [6.45, 7) is 1.25. The molecule has 4 nitrogen and oxygen atoms in total. The van der Waals surface area contributed by atoms with Gasteiger partial charge in [-0.25, -0.2) is 4.98 Å². The van der Waals surface area contributed by atoms with Gasteiger partial charge >= 0.3 is 0 Å². The van der Waals surface area contributed by atoms with Crippen LogP contribution in [0.5, 0.6) is 5.75 Å². The van der Waals surface area contributed by atoms with Crippen molar-refractivity contribution >= 4 is 5.82 Å². The van der Waals surface area contributed by atoms with Crippen LogP contribution in [-0.4, -0.2) is 12.1 Å². The van der Waals surface area contributed by atoms with Crippen LogP contribution in [-0.2, 0) is 13.1 Å². The Balaban J connectivity index is 1.97. The van der Waals surface area contributed by atoms with E-state index >= 15 is 0 Å². The van der Waals surface area contributed by atoms with Crippen molar-refractivity contribution in [3.05, 3.63) is 53.7 Å². The molecule has 1 heterocycles. The van der Waals surface area contributed by atoms with Crippen LogP contribution in [0.3, 0.4) is 0 Å². The first-order chi connectivity index (χ1) is 8.81. The number of nitrogens with two attached hydrogens (primary N) is 1. The van der Waals surface area contributed by atoms with Crippen molar-refractivity contribution in [2.75, 3.05) is 12.4 Å². The third-order valence-corrected chi connectivity index (χ3v) is 2.69. The van der Waals surface area contributed by atoms with Gasteiger partial charge in [-0.1, -0.05) is 12.1 Å². The Labute approximate surface area is 107 Å². The lowest BCUT2D eigenvalue weighted by molar-refractivity contribution is 0.414. The molecule has 4 heteroatoms. The average Bonchev–Trinajstić information content (AvgIpc) is 2.46. The van der Waals surface area contributed by atoms with Gasteiger partial charge in [0.15, 0.2) is 0 Å². The molecular formula is C14H17N3O. The smallest absolute Gasteiger partial charge is 0.126 e. The summed E-state index contributed by atoms with van der Waals surface area (Å²) in [5.74, 6) is 1.70. The van der Waals surface area contributed by atoms with Crippen molar-refractivity contribution in [3.8, 4) is 5.75 Å². The molecule has 0 spiro atoms. The van der Waals surface area contributed by atoms with Gasteiger partial charge in [-0.2, -0.15) is 0 Å². The molecule has 0 saturated heterocycles. The van der Waals surface area contributed by atoms with E-state index in [1.807, 2.05) is 36.4 Å². The number of nitrogens with zero attached hydrogens (tertiary/aromatic N) is 1. The Hall–Kier alpha value is -2.07. The molecule has 18 heavy (non-hydrogen) atoms. The second-order valence-corrected chi connectivity index (χ2v) is 3.96. The lowest BCUT2D eigenvalue weighted by Crippen LogP contribution is -2.03. The van der Waals surface area contributed by atoms with E-state index in [-0.39, 0.29) is 0 Å². The molecule has 1 aromatic heterocycles. The first kappa shape index (κ1) is 12.4. The zero-order chi connectivity index (χ0) is 12.8. The van der Waals surface area contributed by atoms with Crippen LogP contribution < -0.4 is 15.8 Å². The van der Waals surface area contributed by atoms with Gasteiger partial charge < -0.3 is 15.8 Å². The Morgan fingerprint density at radius 1 is 1.17 bits per heavy atom. The Morgan fingerprint density at radius 2 is 1.94 bits per heavy atom. The number of nitrogens with one attached hydrogen (secondary N) is 1. The fraction of sp³-hybridized carbons (Fsp3) is 0.214. The lowest BCUT2D eigenvalue weighted by Gasteiger charge is -2.07. The predicted octanol–water partition coefficient (Wildman–Crippen LogP) is 2.16. The minimum absolute atomic E-state index is 0.528. The summed E-state index contributed by atoms with van der Waals surface area (Å²) in [6.07, 6.45) is 1.76. The van der Waals surface area contributed by atoms with Gasteiger partial charge in [0.1, 0.15) is 11.6 Å². The van der Waals surface area contributed by atoms with Crippen molar-refractivity contribution in [2.45, 2.75) is 13.1 Å². The maximum atomic E-state index is 5.59. The number of pyridine rings is 1. The third kappa shape index (κ3) is 3.21. The highest BCUT2D eigenvalue weighted by Gasteiger charge is 1.97. The third-order valence-electron chi connectivity index (χ3n) is 2.69. The second-order valence-electron chi connectivity index (χ2n) is 3.96. The highest BCUT2D eigenvalue weighted by Crippen LogP contribution is 2.13. The molecule has 0 amide bonds. The monoisotopic (exact) mass is 243 g/mol. The van der Waals surface area contributed by atoms with Crippen molar-refractivity contribution in [3.63, 3.8) is 0 Å². The van der Waals surface area contributed by atoms with E-state index in [1.54, 1.807) is 13.3 Å². The van der Waals surface area contributed by atoms with Crippen LogP contribution in [0.25, 0.3) is 0 Å². The first-order valence-corrected chi connectivity index (χ1v) is 5.83. The number of hydrogen-bond acceptors (Lipinski definition) is 4. The minimum Gasteiger partial charge on any atom is -0.497 e. The van der Waals surface area contributed by atoms with Crippen molar-refractivity contribution in [2.24, 2.45) is 5.73 Å². The largest absolute Gasteiger partial charge is 0.497 e. The van der Waals surface area contributed by atoms with Crippen LogP contribution in [0.4, 0.5) is 5.82 Å². The molecule has 0 bridgehead atoms. The average molecular weight is 243 g/mol. The zero-order valence-electron chi connectivity index (χ0n) is 10.4. The topological polar surface area (TPSA) is 60.2 Å². The van der Waals surface area contributed by atoms with Crippen LogP contribution in [0.2, 0.25) is 0 Å². The predicted molar refractivity (Wildman–Crippen MR) is 72.4 cm³/mol. The van der Waals surface area contributed by atoms with Gasteiger partial charge in [-0.05, 0) is 35.4 Å². The van der Waals surface area contributed by atoms with E-state index in [9.17, 15) is 0 Å². The molecule has 0 unspecified atom stereocenters. The normalized spacial score (nSPS) is 10.1. The van der Waals surface area contributed by atoms with Gasteiger partial charge in [-0.15, -0.1) is 0 Å². The van der Waals surface area contributed by atoms with E-state index < -0.39 is 0 Å². The minimum atomic E-state index is 0.528. The molecule has 0 aliphatic heterocycles. The molecule has 2 rings (SSSR count). The second kappa shape index (κ2) is 6.02. The molecule has 1 aromatic carbocycles. The molecule has 0 radical (unpaired) electrons. The van der Waals surface area contributed by atoms with E-state index in [0.717, 1.165) is 23.7 Å². The molecule has 94 valence electrons. The van der Waals surface area contributed by atoms with Crippen LogP contribution >= 0.6 is 0 Å². The number of ether oxygens (including phenoxy) is 1. The fourth-order valence-corrected chi connectivity index (χ4v) is 1.63. The molecule has 0 saturated carbocycles. The molecule has 0 aliphatic rings. The highest BCUT2D eigenvalue weighted by molar-refractivity contribution is 5.39.